The fraction of sp³-hybridized carbons (Fsp3) is 0.214. The van der Waals surface area contributed by atoms with Gasteiger partial charge in [-0.1, -0.05) is 18.2 Å². The second-order valence-corrected chi connectivity index (χ2v) is 9.50. The third-order valence-electron chi connectivity index (χ3n) is 6.68. The molecule has 1 fully saturated rings. The number of primary amides is 1. The van der Waals surface area contributed by atoms with E-state index >= 15 is 0 Å². The van der Waals surface area contributed by atoms with Crippen LogP contribution in [0.1, 0.15) is 28.9 Å². The zero-order valence-electron chi connectivity index (χ0n) is 20.3. The van der Waals surface area contributed by atoms with Crippen LogP contribution in [0.5, 0.6) is 0 Å². The van der Waals surface area contributed by atoms with Gasteiger partial charge in [-0.05, 0) is 49.9 Å². The maximum absolute atomic E-state index is 12.1. The van der Waals surface area contributed by atoms with Gasteiger partial charge in [-0.3, -0.25) is 14.5 Å². The van der Waals surface area contributed by atoms with E-state index in [4.69, 9.17) is 10.7 Å². The summed E-state index contributed by atoms with van der Waals surface area (Å²) in [6.07, 6.45) is 10.1. The van der Waals surface area contributed by atoms with E-state index in [0.717, 1.165) is 56.9 Å². The molecule has 0 unspecified atom stereocenters. The monoisotopic (exact) mass is 477 g/mol. The molecule has 0 spiro atoms. The molecule has 1 aliphatic carbocycles. The van der Waals surface area contributed by atoms with Crippen molar-refractivity contribution in [2.45, 2.75) is 19.8 Å². The third kappa shape index (κ3) is 4.11. The van der Waals surface area contributed by atoms with Gasteiger partial charge in [0.1, 0.15) is 0 Å². The van der Waals surface area contributed by atoms with Gasteiger partial charge in [0, 0.05) is 59.3 Å². The van der Waals surface area contributed by atoms with Gasteiger partial charge in [-0.25, -0.2) is 4.98 Å². The van der Waals surface area contributed by atoms with Gasteiger partial charge in [-0.15, -0.1) is 0 Å². The van der Waals surface area contributed by atoms with Crippen LogP contribution in [-0.2, 0) is 7.05 Å². The molecule has 0 aliphatic heterocycles. The van der Waals surface area contributed by atoms with E-state index in [-0.39, 0.29) is 0 Å². The van der Waals surface area contributed by atoms with Gasteiger partial charge in [0.05, 0.1) is 35.2 Å². The van der Waals surface area contributed by atoms with E-state index in [0.29, 0.717) is 11.5 Å². The second kappa shape index (κ2) is 8.64. The Hall–Kier alpha value is -4.46. The number of carbonyl (C=O) groups excluding carboxylic acids is 1. The van der Waals surface area contributed by atoms with E-state index in [1.54, 1.807) is 10.7 Å². The van der Waals surface area contributed by atoms with Gasteiger partial charge < -0.3 is 15.6 Å². The highest BCUT2D eigenvalue weighted by Crippen LogP contribution is 2.35. The molecule has 6 rings (SSSR count). The van der Waals surface area contributed by atoms with Gasteiger partial charge in [-0.2, -0.15) is 5.10 Å². The van der Waals surface area contributed by atoms with Gasteiger partial charge in [0.2, 0.25) is 0 Å². The maximum Gasteiger partial charge on any atom is 0.250 e. The Morgan fingerprint density at radius 2 is 1.97 bits per heavy atom. The number of hydrogen-bond acceptors (Lipinski definition) is 5. The normalized spacial score (nSPS) is 13.3. The first kappa shape index (κ1) is 22.0. The number of pyridine rings is 1. The minimum atomic E-state index is -0.436. The summed E-state index contributed by atoms with van der Waals surface area (Å²) in [4.78, 5) is 21.6. The molecule has 180 valence electrons. The summed E-state index contributed by atoms with van der Waals surface area (Å²) in [6, 6.07) is 14.0. The number of amides is 1. The van der Waals surface area contributed by atoms with E-state index in [9.17, 15) is 4.79 Å². The maximum atomic E-state index is 12.1. The lowest BCUT2D eigenvalue weighted by Crippen LogP contribution is -2.15. The molecule has 5 aromatic rings. The summed E-state index contributed by atoms with van der Waals surface area (Å²) in [7, 11) is 1.89. The summed E-state index contributed by atoms with van der Waals surface area (Å²) < 4.78 is 3.80. The minimum absolute atomic E-state index is 0.436. The highest BCUT2D eigenvalue weighted by Gasteiger charge is 2.22. The van der Waals surface area contributed by atoms with E-state index in [2.05, 4.69) is 33.6 Å². The molecule has 3 heterocycles. The smallest absolute Gasteiger partial charge is 0.250 e. The summed E-state index contributed by atoms with van der Waals surface area (Å²) in [6.45, 7) is 2.84. The van der Waals surface area contributed by atoms with Crippen molar-refractivity contribution >= 4 is 22.4 Å². The molecular weight excluding hydrogens is 450 g/mol. The molecule has 1 aliphatic rings. The number of carbonyl (C=O) groups is 1. The lowest BCUT2D eigenvalue weighted by Gasteiger charge is -2.15. The van der Waals surface area contributed by atoms with Crippen molar-refractivity contribution in [3.05, 3.63) is 78.6 Å². The predicted molar refractivity (Wildman–Crippen MR) is 141 cm³/mol. The van der Waals surface area contributed by atoms with Crippen molar-refractivity contribution < 1.29 is 4.79 Å². The van der Waals surface area contributed by atoms with Crippen LogP contribution in [-0.4, -0.2) is 36.8 Å². The van der Waals surface area contributed by atoms with E-state index in [1.807, 2.05) is 61.7 Å². The molecule has 0 saturated heterocycles. The molecule has 0 atom stereocenters. The van der Waals surface area contributed by atoms with Crippen molar-refractivity contribution in [1.82, 2.24) is 24.3 Å². The van der Waals surface area contributed by atoms with Crippen LogP contribution in [0.15, 0.2) is 67.4 Å². The Bertz CT molecular complexity index is 1610. The van der Waals surface area contributed by atoms with Gasteiger partial charge in [0.25, 0.3) is 5.91 Å². The van der Waals surface area contributed by atoms with E-state index < -0.39 is 5.91 Å². The summed E-state index contributed by atoms with van der Waals surface area (Å²) in [5.41, 5.74) is 12.5. The fourth-order valence-corrected chi connectivity index (χ4v) is 4.62. The molecule has 8 heteroatoms. The number of nitrogens with zero attached hydrogens (tertiary/aromatic N) is 5. The van der Waals surface area contributed by atoms with Gasteiger partial charge >= 0.3 is 0 Å². The second-order valence-electron chi connectivity index (χ2n) is 9.50. The number of imidazole rings is 1. The van der Waals surface area contributed by atoms with Crippen molar-refractivity contribution in [2.24, 2.45) is 18.7 Å². The Morgan fingerprint density at radius 1 is 1.11 bits per heavy atom. The first-order chi connectivity index (χ1) is 17.5. The van der Waals surface area contributed by atoms with Crippen LogP contribution >= 0.6 is 0 Å². The Kier molecular flexibility index (Phi) is 5.29. The SMILES string of the molecule is Cc1cc2c(-n3cnc(-c4cnn(C)c4)c3)cccc2c(-c2ccc(C(N)=O)c(NCC3CC3)c2)n1. The number of fused-ring (bicyclic) bond motifs is 1. The van der Waals surface area contributed by atoms with Gasteiger partial charge in [0.15, 0.2) is 0 Å². The summed E-state index contributed by atoms with van der Waals surface area (Å²) in [5.74, 6) is 0.232. The quantitative estimate of drug-likeness (QED) is 0.353. The number of hydrogen-bond donors (Lipinski definition) is 2. The van der Waals surface area contributed by atoms with Crippen LogP contribution < -0.4 is 11.1 Å². The molecule has 8 nitrogen and oxygen atoms in total. The summed E-state index contributed by atoms with van der Waals surface area (Å²) in [5, 5.41) is 9.79. The van der Waals surface area contributed by atoms with Crippen molar-refractivity contribution in [2.75, 3.05) is 11.9 Å². The fourth-order valence-electron chi connectivity index (χ4n) is 4.62. The van der Waals surface area contributed by atoms with Crippen LogP contribution in [0.2, 0.25) is 0 Å². The highest BCUT2D eigenvalue weighted by molar-refractivity contribution is 6.02. The zero-order valence-corrected chi connectivity index (χ0v) is 20.3. The highest BCUT2D eigenvalue weighted by atomic mass is 16.1. The Labute approximate surface area is 208 Å². The largest absolute Gasteiger partial charge is 0.384 e. The molecule has 1 amide bonds. The molecule has 1 saturated carbocycles. The lowest BCUT2D eigenvalue weighted by molar-refractivity contribution is 0.100. The lowest BCUT2D eigenvalue weighted by atomic mass is 9.99. The average Bonchev–Trinajstić information content (AvgIpc) is 3.39. The topological polar surface area (TPSA) is 104 Å². The van der Waals surface area contributed by atoms with Crippen LogP contribution in [0.25, 0.3) is 39.0 Å². The third-order valence-corrected chi connectivity index (χ3v) is 6.68. The van der Waals surface area contributed by atoms with Crippen LogP contribution in [0.4, 0.5) is 5.69 Å². The zero-order chi connectivity index (χ0) is 24.8. The molecule has 0 radical (unpaired) electrons. The van der Waals surface area contributed by atoms with Crippen molar-refractivity contribution in [3.8, 4) is 28.2 Å². The number of nitrogens with one attached hydrogen (secondary N) is 1. The van der Waals surface area contributed by atoms with Crippen molar-refractivity contribution in [1.29, 1.82) is 0 Å². The average molecular weight is 478 g/mol. The number of rotatable bonds is 7. The molecular formula is C28H27N7O. The molecule has 3 N–H and O–H groups in total. The molecule has 0 bridgehead atoms. The first-order valence-electron chi connectivity index (χ1n) is 12.1. The Balaban J connectivity index is 1.45. The van der Waals surface area contributed by atoms with Crippen LogP contribution in [0, 0.1) is 12.8 Å². The van der Waals surface area contributed by atoms with Crippen molar-refractivity contribution in [3.63, 3.8) is 0 Å². The first-order valence-corrected chi connectivity index (χ1v) is 12.1. The van der Waals surface area contributed by atoms with E-state index in [1.165, 1.54) is 12.8 Å². The summed E-state index contributed by atoms with van der Waals surface area (Å²) >= 11 is 0. The Morgan fingerprint density at radius 3 is 2.72 bits per heavy atom. The standard InChI is InChI=1S/C28H27N7O/c1-17-10-23-21(4-3-5-26(23)35-15-25(31-16-35)20-13-32-34(2)14-20)27(33-17)19-8-9-22(28(29)36)24(11-19)30-12-18-6-7-18/h3-5,8-11,13-16,18,30H,6-7,12H2,1-2H3,(H2,29,36). The van der Waals surface area contributed by atoms with Crippen LogP contribution in [0.3, 0.4) is 0 Å². The number of aromatic nitrogens is 5. The number of aryl methyl sites for hydroxylation is 2. The molecule has 2 aromatic carbocycles. The minimum Gasteiger partial charge on any atom is -0.384 e. The number of benzene rings is 2. The molecule has 36 heavy (non-hydrogen) atoms. The number of anilines is 1. The predicted octanol–water partition coefficient (Wildman–Crippen LogP) is 4.72. The molecule has 3 aromatic heterocycles. The number of nitrogens with two attached hydrogens (primary N) is 1.